The van der Waals surface area contributed by atoms with Crippen molar-refractivity contribution in [1.82, 2.24) is 0 Å². The molecule has 0 aromatic heterocycles. The van der Waals surface area contributed by atoms with Gasteiger partial charge in [-0.2, -0.15) is 0 Å². The Kier molecular flexibility index (Phi) is 4.64. The van der Waals surface area contributed by atoms with E-state index in [1.165, 1.54) is 0 Å². The predicted octanol–water partition coefficient (Wildman–Crippen LogP) is 2.55. The van der Waals surface area contributed by atoms with E-state index in [4.69, 9.17) is 0 Å². The average Bonchev–Trinajstić information content (AvgIpc) is 2.59. The maximum Gasteiger partial charge on any atom is 0.346 e. The van der Waals surface area contributed by atoms with Gasteiger partial charge in [-0.25, -0.2) is 0 Å². The van der Waals surface area contributed by atoms with Gasteiger partial charge in [0.05, 0.1) is 19.7 Å². The summed E-state index contributed by atoms with van der Waals surface area (Å²) in [5.41, 5.74) is -4.21. The average molecular weight is 362 g/mol. The van der Waals surface area contributed by atoms with E-state index in [0.717, 1.165) is 24.3 Å². The number of nitro groups is 4. The lowest BCUT2D eigenvalue weighted by Gasteiger charge is -2.03. The zero-order chi connectivity index (χ0) is 19.6. The number of carbonyl (C=O) groups excluding carboxylic acids is 1. The fraction of sp³-hybridized carbons (Fsp3) is 0. The molecule has 0 aliphatic carbocycles. The summed E-state index contributed by atoms with van der Waals surface area (Å²) in [6, 6.07) is 4.72. The van der Waals surface area contributed by atoms with Crippen LogP contribution in [0.1, 0.15) is 15.9 Å². The summed E-state index contributed by atoms with van der Waals surface area (Å²) in [5, 5.41) is 43.4. The van der Waals surface area contributed by atoms with Crippen LogP contribution in [0.4, 0.5) is 22.7 Å². The molecule has 0 atom stereocenters. The van der Waals surface area contributed by atoms with Gasteiger partial charge in [-0.3, -0.25) is 45.3 Å². The number of rotatable bonds is 6. The topological polar surface area (TPSA) is 190 Å². The zero-order valence-corrected chi connectivity index (χ0v) is 12.4. The first-order valence-corrected chi connectivity index (χ1v) is 6.54. The minimum atomic E-state index is -1.05. The van der Waals surface area contributed by atoms with Gasteiger partial charge < -0.3 is 0 Å². The summed E-state index contributed by atoms with van der Waals surface area (Å²) in [6.45, 7) is 0. The second-order valence-electron chi connectivity index (χ2n) is 4.76. The van der Waals surface area contributed by atoms with E-state index in [9.17, 15) is 45.3 Å². The van der Waals surface area contributed by atoms with Gasteiger partial charge in [0.1, 0.15) is 0 Å². The summed E-state index contributed by atoms with van der Waals surface area (Å²) in [4.78, 5) is 51.7. The molecule has 0 aliphatic rings. The first-order valence-electron chi connectivity index (χ1n) is 6.54. The third-order valence-corrected chi connectivity index (χ3v) is 3.26. The van der Waals surface area contributed by atoms with Crippen LogP contribution in [0.15, 0.2) is 36.4 Å². The molecule has 0 radical (unpaired) electrons. The van der Waals surface area contributed by atoms with E-state index in [-0.39, 0.29) is 11.1 Å². The van der Waals surface area contributed by atoms with Gasteiger partial charge in [-0.05, 0) is 12.1 Å². The fourth-order valence-corrected chi connectivity index (χ4v) is 2.10. The van der Waals surface area contributed by atoms with Gasteiger partial charge in [0.15, 0.2) is 5.78 Å². The molecule has 0 saturated carbocycles. The molecular weight excluding hydrogens is 356 g/mol. The molecule has 2 aromatic carbocycles. The smallest absolute Gasteiger partial charge is 0.289 e. The first-order chi connectivity index (χ1) is 12.1. The van der Waals surface area contributed by atoms with E-state index >= 15 is 0 Å². The van der Waals surface area contributed by atoms with E-state index in [1.807, 2.05) is 0 Å². The van der Waals surface area contributed by atoms with Crippen molar-refractivity contribution in [2.75, 3.05) is 0 Å². The van der Waals surface area contributed by atoms with Crippen LogP contribution >= 0.6 is 0 Å². The lowest BCUT2D eigenvalue weighted by atomic mass is 10.0. The highest BCUT2D eigenvalue weighted by atomic mass is 16.6. The van der Waals surface area contributed by atoms with Crippen LogP contribution < -0.4 is 0 Å². The molecule has 0 fully saturated rings. The van der Waals surface area contributed by atoms with Crippen LogP contribution in [-0.4, -0.2) is 25.5 Å². The second kappa shape index (κ2) is 6.68. The summed E-state index contributed by atoms with van der Waals surface area (Å²) in [5.74, 6) is -0.930. The van der Waals surface area contributed by atoms with Crippen molar-refractivity contribution in [3.63, 3.8) is 0 Å². The molecule has 0 unspecified atom stereocenters. The van der Waals surface area contributed by atoms with Gasteiger partial charge >= 0.3 is 22.7 Å². The number of benzene rings is 2. The molecule has 0 aliphatic heterocycles. The molecule has 2 aromatic rings. The molecule has 132 valence electrons. The third kappa shape index (κ3) is 3.30. The van der Waals surface area contributed by atoms with Crippen molar-refractivity contribution in [2.24, 2.45) is 0 Å². The molecule has 0 spiro atoms. The molecular formula is C13H6N4O9. The molecule has 26 heavy (non-hydrogen) atoms. The van der Waals surface area contributed by atoms with Crippen LogP contribution in [-0.2, 0) is 0 Å². The molecule has 0 N–H and O–H groups in total. The number of ketones is 1. The van der Waals surface area contributed by atoms with Crippen LogP contribution in [0.3, 0.4) is 0 Å². The van der Waals surface area contributed by atoms with Crippen LogP contribution in [0.25, 0.3) is 0 Å². The minimum absolute atomic E-state index is 0.342. The van der Waals surface area contributed by atoms with Crippen molar-refractivity contribution < 1.29 is 24.5 Å². The molecule has 0 amide bonds. The number of carbonyl (C=O) groups is 1. The maximum absolute atomic E-state index is 12.4. The summed E-state index contributed by atoms with van der Waals surface area (Å²) < 4.78 is 0. The molecule has 13 heteroatoms. The molecule has 0 bridgehead atoms. The maximum atomic E-state index is 12.4. The van der Waals surface area contributed by atoms with Crippen molar-refractivity contribution in [1.29, 1.82) is 0 Å². The SMILES string of the molecule is O=C(c1ccc([N+](=O)[O-])c([N+](=O)[O-])c1)c1ccc([N+](=O)[O-])c([N+](=O)[O-])c1. The van der Waals surface area contributed by atoms with Gasteiger partial charge in [0.25, 0.3) is 0 Å². The summed E-state index contributed by atoms with van der Waals surface area (Å²) >= 11 is 0. The summed E-state index contributed by atoms with van der Waals surface area (Å²) in [6.07, 6.45) is 0. The number of nitro benzene ring substituents is 4. The van der Waals surface area contributed by atoms with Crippen molar-refractivity contribution >= 4 is 28.5 Å². The van der Waals surface area contributed by atoms with Gasteiger partial charge in [-0.1, -0.05) is 0 Å². The van der Waals surface area contributed by atoms with Crippen LogP contribution in [0, 0.1) is 40.5 Å². The van der Waals surface area contributed by atoms with Gasteiger partial charge in [0.2, 0.25) is 0 Å². The lowest BCUT2D eigenvalue weighted by molar-refractivity contribution is -0.422. The highest BCUT2D eigenvalue weighted by Gasteiger charge is 2.28. The predicted molar refractivity (Wildman–Crippen MR) is 82.9 cm³/mol. The van der Waals surface area contributed by atoms with E-state index in [2.05, 4.69) is 0 Å². The Labute approximate surface area is 142 Å². The van der Waals surface area contributed by atoms with Crippen molar-refractivity contribution in [3.8, 4) is 0 Å². The fourth-order valence-electron chi connectivity index (χ4n) is 2.10. The molecule has 2 rings (SSSR count). The molecule has 0 saturated heterocycles. The highest BCUT2D eigenvalue weighted by Crippen LogP contribution is 2.31. The van der Waals surface area contributed by atoms with E-state index in [1.54, 1.807) is 0 Å². The monoisotopic (exact) mass is 362 g/mol. The number of nitrogens with zero attached hydrogens (tertiary/aromatic N) is 4. The quantitative estimate of drug-likeness (QED) is 0.422. The Morgan fingerprint density at radius 2 is 0.885 bits per heavy atom. The van der Waals surface area contributed by atoms with Crippen LogP contribution in [0.2, 0.25) is 0 Å². The van der Waals surface area contributed by atoms with Gasteiger partial charge in [0, 0.05) is 35.4 Å². The zero-order valence-electron chi connectivity index (χ0n) is 12.4. The number of hydrogen-bond acceptors (Lipinski definition) is 9. The van der Waals surface area contributed by atoms with Crippen LogP contribution in [0.5, 0.6) is 0 Å². The second-order valence-corrected chi connectivity index (χ2v) is 4.76. The standard InChI is InChI=1S/C13H6N4O9/c18-13(7-1-3-9(14(19)20)11(5-7)16(23)24)8-2-4-10(15(21)22)12(6-8)17(25)26/h1-6H. The van der Waals surface area contributed by atoms with Crippen molar-refractivity contribution in [3.05, 3.63) is 88.0 Å². The molecule has 13 nitrogen and oxygen atoms in total. The normalized spacial score (nSPS) is 10.2. The largest absolute Gasteiger partial charge is 0.346 e. The Balaban J connectivity index is 2.56. The Bertz CT molecular complexity index is 908. The van der Waals surface area contributed by atoms with E-state index < -0.39 is 48.2 Å². The molecule has 0 heterocycles. The van der Waals surface area contributed by atoms with Crippen molar-refractivity contribution in [2.45, 2.75) is 0 Å². The Morgan fingerprint density at radius 1 is 0.577 bits per heavy atom. The minimum Gasteiger partial charge on any atom is -0.289 e. The van der Waals surface area contributed by atoms with E-state index in [0.29, 0.717) is 12.1 Å². The Morgan fingerprint density at radius 3 is 1.15 bits per heavy atom. The number of hydrogen-bond donors (Lipinski definition) is 0. The summed E-state index contributed by atoms with van der Waals surface area (Å²) in [7, 11) is 0. The highest BCUT2D eigenvalue weighted by molar-refractivity contribution is 6.10. The first kappa shape index (κ1) is 18.1. The Hall–Kier alpha value is -4.29. The third-order valence-electron chi connectivity index (χ3n) is 3.26. The lowest BCUT2D eigenvalue weighted by Crippen LogP contribution is -2.06. The van der Waals surface area contributed by atoms with Gasteiger partial charge in [-0.15, -0.1) is 0 Å².